The number of aromatic nitrogens is 3. The van der Waals surface area contributed by atoms with Gasteiger partial charge in [-0.05, 0) is 74.9 Å². The summed E-state index contributed by atoms with van der Waals surface area (Å²) in [5, 5.41) is 13.6. The van der Waals surface area contributed by atoms with Crippen molar-refractivity contribution in [2.24, 2.45) is 5.10 Å². The molecule has 4 aromatic rings. The molecule has 0 unspecified atom stereocenters. The Morgan fingerprint density at radius 2 is 1.74 bits per heavy atom. The van der Waals surface area contributed by atoms with E-state index in [-0.39, 0.29) is 17.1 Å². The lowest BCUT2D eigenvalue weighted by molar-refractivity contribution is -0.118. The van der Waals surface area contributed by atoms with E-state index in [2.05, 4.69) is 81.7 Å². The second-order valence-electron chi connectivity index (χ2n) is 9.64. The third kappa shape index (κ3) is 7.07. The molecule has 1 amide bonds. The standard InChI is InChI=1S/C29H30BrN5O3S/c1-29(2,3)21-9-7-20(8-10-21)27-33-34-28(35(27)22-11-13-23(37-4)14-12-22)39-18-26(36)32-31-17-19-6-15-25(38-5)24(30)16-19/h6-17H,18H2,1-5H3,(H,32,36)/b31-17+. The fourth-order valence-electron chi connectivity index (χ4n) is 3.74. The van der Waals surface area contributed by atoms with Gasteiger partial charge in [-0.15, -0.1) is 10.2 Å². The second-order valence-corrected chi connectivity index (χ2v) is 11.4. The van der Waals surface area contributed by atoms with Crippen molar-refractivity contribution in [3.8, 4) is 28.6 Å². The first kappa shape index (κ1) is 28.4. The number of carbonyl (C=O) groups is 1. The SMILES string of the molecule is COc1ccc(-n2c(SCC(=O)N/N=C/c3ccc(OC)c(Br)c3)nnc2-c2ccc(C(C)(C)C)cc2)cc1. The maximum atomic E-state index is 12.6. The molecule has 0 saturated carbocycles. The monoisotopic (exact) mass is 607 g/mol. The molecule has 3 aromatic carbocycles. The molecule has 0 spiro atoms. The number of amides is 1. The first-order valence-electron chi connectivity index (χ1n) is 12.2. The Bertz CT molecular complexity index is 1460. The molecule has 0 fully saturated rings. The van der Waals surface area contributed by atoms with E-state index in [1.165, 1.54) is 17.3 Å². The number of halogens is 1. The Labute approximate surface area is 241 Å². The number of nitrogens with one attached hydrogen (secondary N) is 1. The highest BCUT2D eigenvalue weighted by molar-refractivity contribution is 9.10. The molecule has 8 nitrogen and oxygen atoms in total. The summed E-state index contributed by atoms with van der Waals surface area (Å²) in [6.07, 6.45) is 1.58. The van der Waals surface area contributed by atoms with Crippen molar-refractivity contribution in [3.63, 3.8) is 0 Å². The van der Waals surface area contributed by atoms with Gasteiger partial charge >= 0.3 is 0 Å². The lowest BCUT2D eigenvalue weighted by Gasteiger charge is -2.19. The van der Waals surface area contributed by atoms with Crippen LogP contribution in [0.3, 0.4) is 0 Å². The number of benzene rings is 3. The molecule has 39 heavy (non-hydrogen) atoms. The average molecular weight is 609 g/mol. The first-order valence-corrected chi connectivity index (χ1v) is 14.0. The third-order valence-electron chi connectivity index (χ3n) is 5.88. The molecule has 0 aliphatic carbocycles. The number of ether oxygens (including phenoxy) is 2. The molecule has 10 heteroatoms. The van der Waals surface area contributed by atoms with Gasteiger partial charge in [0.15, 0.2) is 11.0 Å². The molecular weight excluding hydrogens is 578 g/mol. The van der Waals surface area contributed by atoms with Gasteiger partial charge in [0.05, 0.1) is 30.7 Å². The van der Waals surface area contributed by atoms with Gasteiger partial charge in [-0.2, -0.15) is 5.10 Å². The van der Waals surface area contributed by atoms with Crippen LogP contribution in [0.2, 0.25) is 0 Å². The molecule has 0 atom stereocenters. The topological polar surface area (TPSA) is 90.6 Å². The van der Waals surface area contributed by atoms with Crippen molar-refractivity contribution < 1.29 is 14.3 Å². The van der Waals surface area contributed by atoms with Crippen LogP contribution in [-0.4, -0.2) is 46.9 Å². The predicted molar refractivity (Wildman–Crippen MR) is 159 cm³/mol. The smallest absolute Gasteiger partial charge is 0.250 e. The highest BCUT2D eigenvalue weighted by atomic mass is 79.9. The van der Waals surface area contributed by atoms with Crippen molar-refractivity contribution in [1.82, 2.24) is 20.2 Å². The third-order valence-corrected chi connectivity index (χ3v) is 7.43. The largest absolute Gasteiger partial charge is 0.497 e. The van der Waals surface area contributed by atoms with Gasteiger partial charge in [0.25, 0.3) is 5.91 Å². The normalized spacial score (nSPS) is 11.5. The summed E-state index contributed by atoms with van der Waals surface area (Å²) in [6.45, 7) is 6.55. The van der Waals surface area contributed by atoms with Crippen LogP contribution in [0.15, 0.2) is 81.5 Å². The summed E-state index contributed by atoms with van der Waals surface area (Å²) in [7, 11) is 3.23. The highest BCUT2D eigenvalue weighted by Gasteiger charge is 2.19. The zero-order valence-electron chi connectivity index (χ0n) is 22.4. The molecule has 0 aliphatic rings. The van der Waals surface area contributed by atoms with Gasteiger partial charge in [0.2, 0.25) is 0 Å². The molecule has 0 saturated heterocycles. The van der Waals surface area contributed by atoms with Crippen LogP contribution < -0.4 is 14.9 Å². The first-order chi connectivity index (χ1) is 18.7. The minimum absolute atomic E-state index is 0.0446. The number of thioether (sulfide) groups is 1. The molecule has 202 valence electrons. The van der Waals surface area contributed by atoms with Crippen LogP contribution in [0.4, 0.5) is 0 Å². The summed E-state index contributed by atoms with van der Waals surface area (Å²) >= 11 is 4.73. The maximum Gasteiger partial charge on any atom is 0.250 e. The Hall–Kier alpha value is -3.63. The van der Waals surface area contributed by atoms with Crippen molar-refractivity contribution in [1.29, 1.82) is 0 Å². The summed E-state index contributed by atoms with van der Waals surface area (Å²) in [5.41, 5.74) is 6.46. The van der Waals surface area contributed by atoms with Crippen LogP contribution in [0.1, 0.15) is 31.9 Å². The van der Waals surface area contributed by atoms with Crippen LogP contribution in [0.5, 0.6) is 11.5 Å². The Balaban J connectivity index is 1.52. The molecule has 0 radical (unpaired) electrons. The summed E-state index contributed by atoms with van der Waals surface area (Å²) in [5.74, 6) is 2.01. The predicted octanol–water partition coefficient (Wildman–Crippen LogP) is 6.25. The van der Waals surface area contributed by atoms with E-state index < -0.39 is 0 Å². The Kier molecular flexibility index (Phi) is 9.08. The lowest BCUT2D eigenvalue weighted by atomic mass is 9.87. The van der Waals surface area contributed by atoms with Crippen LogP contribution in [0, 0.1) is 0 Å². The number of carbonyl (C=O) groups excluding carboxylic acids is 1. The van der Waals surface area contributed by atoms with Crippen molar-refractivity contribution in [2.45, 2.75) is 31.3 Å². The van der Waals surface area contributed by atoms with E-state index in [9.17, 15) is 4.79 Å². The van der Waals surface area contributed by atoms with E-state index >= 15 is 0 Å². The van der Waals surface area contributed by atoms with Gasteiger partial charge in [0.1, 0.15) is 11.5 Å². The molecule has 1 heterocycles. The van der Waals surface area contributed by atoms with Crippen molar-refractivity contribution in [2.75, 3.05) is 20.0 Å². The molecule has 0 aliphatic heterocycles. The van der Waals surface area contributed by atoms with E-state index in [0.717, 1.165) is 32.8 Å². The number of rotatable bonds is 9. The number of nitrogens with zero attached hydrogens (tertiary/aromatic N) is 4. The summed E-state index contributed by atoms with van der Waals surface area (Å²) in [4.78, 5) is 12.6. The molecule has 1 N–H and O–H groups in total. The quantitative estimate of drug-likeness (QED) is 0.137. The Morgan fingerprint density at radius 1 is 1.03 bits per heavy atom. The fourth-order valence-corrected chi connectivity index (χ4v) is 5.04. The number of hydrazone groups is 1. The average Bonchev–Trinajstić information content (AvgIpc) is 3.35. The fraction of sp³-hybridized carbons (Fsp3) is 0.241. The minimum Gasteiger partial charge on any atom is -0.497 e. The lowest BCUT2D eigenvalue weighted by Crippen LogP contribution is -2.20. The molecule has 0 bridgehead atoms. The summed E-state index contributed by atoms with van der Waals surface area (Å²) < 4.78 is 13.3. The number of hydrogen-bond acceptors (Lipinski definition) is 7. The van der Waals surface area contributed by atoms with Crippen LogP contribution in [-0.2, 0) is 10.2 Å². The minimum atomic E-state index is -0.260. The van der Waals surface area contributed by atoms with Gasteiger partial charge in [0, 0.05) is 11.3 Å². The highest BCUT2D eigenvalue weighted by Crippen LogP contribution is 2.31. The summed E-state index contributed by atoms with van der Waals surface area (Å²) in [6, 6.07) is 21.5. The number of hydrogen-bond donors (Lipinski definition) is 1. The van der Waals surface area contributed by atoms with E-state index in [4.69, 9.17) is 9.47 Å². The number of methoxy groups -OCH3 is 2. The van der Waals surface area contributed by atoms with E-state index in [0.29, 0.717) is 11.0 Å². The van der Waals surface area contributed by atoms with Crippen molar-refractivity contribution >= 4 is 39.8 Å². The van der Waals surface area contributed by atoms with Gasteiger partial charge in [-0.25, -0.2) is 5.43 Å². The molecule has 1 aromatic heterocycles. The van der Waals surface area contributed by atoms with Crippen LogP contribution in [0.25, 0.3) is 17.1 Å². The van der Waals surface area contributed by atoms with Gasteiger partial charge in [-0.1, -0.05) is 56.8 Å². The zero-order chi connectivity index (χ0) is 28.0. The second kappa shape index (κ2) is 12.5. The van der Waals surface area contributed by atoms with E-state index in [1.54, 1.807) is 20.4 Å². The van der Waals surface area contributed by atoms with Crippen molar-refractivity contribution in [3.05, 3.63) is 82.3 Å². The molecule has 4 rings (SSSR count). The van der Waals surface area contributed by atoms with Gasteiger partial charge in [-0.3, -0.25) is 9.36 Å². The van der Waals surface area contributed by atoms with Crippen LogP contribution >= 0.6 is 27.7 Å². The zero-order valence-corrected chi connectivity index (χ0v) is 24.8. The Morgan fingerprint density at radius 3 is 2.36 bits per heavy atom. The molecular formula is C29H30BrN5O3S. The van der Waals surface area contributed by atoms with Gasteiger partial charge < -0.3 is 9.47 Å². The maximum absolute atomic E-state index is 12.6. The van der Waals surface area contributed by atoms with E-state index in [1.807, 2.05) is 47.0 Å².